The van der Waals surface area contributed by atoms with Crippen molar-refractivity contribution in [3.8, 4) is 0 Å². The number of allylic oxidation sites excluding steroid dienone is 2. The van der Waals surface area contributed by atoms with E-state index >= 15 is 0 Å². The first kappa shape index (κ1) is 16.9. The summed E-state index contributed by atoms with van der Waals surface area (Å²) in [7, 11) is 0. The second kappa shape index (κ2) is 6.74. The van der Waals surface area contributed by atoms with Crippen molar-refractivity contribution in [2.45, 2.75) is 25.7 Å². The molecule has 1 aliphatic heterocycles. The van der Waals surface area contributed by atoms with Gasteiger partial charge in [0.15, 0.2) is 0 Å². The Balaban J connectivity index is 0.00000176. The van der Waals surface area contributed by atoms with Gasteiger partial charge in [-0.3, -0.25) is 9.59 Å². The van der Waals surface area contributed by atoms with E-state index in [2.05, 4.69) is 6.08 Å². The summed E-state index contributed by atoms with van der Waals surface area (Å²) in [4.78, 5) is 25.2. The predicted octanol–water partition coefficient (Wildman–Crippen LogP) is 1.68. The molecule has 1 atom stereocenters. The molecule has 0 aromatic heterocycles. The van der Waals surface area contributed by atoms with Crippen LogP contribution in [0.2, 0.25) is 0 Å². The summed E-state index contributed by atoms with van der Waals surface area (Å²) in [6.45, 7) is 2.30. The van der Waals surface area contributed by atoms with Gasteiger partial charge in [-0.25, -0.2) is 0 Å². The van der Waals surface area contributed by atoms with E-state index in [0.717, 1.165) is 29.7 Å². The van der Waals surface area contributed by atoms with Crippen molar-refractivity contribution in [2.75, 3.05) is 11.4 Å². The molecule has 116 valence electrons. The van der Waals surface area contributed by atoms with Crippen molar-refractivity contribution in [1.82, 2.24) is 0 Å². The number of benzene rings is 1. The third kappa shape index (κ3) is 3.00. The average molecular weight is 495 g/mol. The fraction of sp³-hybridized carbons (Fsp3) is 0.294. The van der Waals surface area contributed by atoms with Crippen LogP contribution in [0.3, 0.4) is 0 Å². The number of carbonyl (C=O) groups excluding carboxylic acids is 1. The Morgan fingerprint density at radius 2 is 1.82 bits per heavy atom. The second-order valence-electron chi connectivity index (χ2n) is 5.50. The van der Waals surface area contributed by atoms with E-state index in [1.807, 2.05) is 18.2 Å². The summed E-state index contributed by atoms with van der Waals surface area (Å²) in [5.41, 5.74) is 3.69. The van der Waals surface area contributed by atoms with E-state index in [0.29, 0.717) is 6.54 Å². The molecular weight excluding hydrogens is 475 g/mol. The molecule has 0 radical (unpaired) electrons. The zero-order valence-electron chi connectivity index (χ0n) is 12.6. The number of anilines is 1. The van der Waals surface area contributed by atoms with Gasteiger partial charge in [0.25, 0.3) is 5.91 Å². The van der Waals surface area contributed by atoms with E-state index < -0.39 is 11.9 Å². The van der Waals surface area contributed by atoms with Crippen molar-refractivity contribution in [2.24, 2.45) is 0 Å². The van der Waals surface area contributed by atoms with Gasteiger partial charge in [-0.1, -0.05) is 24.3 Å². The average Bonchev–Trinajstić information content (AvgIpc) is 2.84. The maximum absolute atomic E-state index is 12.4. The van der Waals surface area contributed by atoms with Crippen LogP contribution in [-0.2, 0) is 9.59 Å². The van der Waals surface area contributed by atoms with Gasteiger partial charge in [-0.2, -0.15) is 0 Å². The number of rotatable bonds is 3. The fourth-order valence-electron chi connectivity index (χ4n) is 2.81. The molecule has 0 fully saturated rings. The van der Waals surface area contributed by atoms with Gasteiger partial charge in [0.1, 0.15) is 0 Å². The van der Waals surface area contributed by atoms with Crippen LogP contribution >= 0.6 is 0 Å². The molecule has 0 spiro atoms. The standard InChI is InChI=1S/C17H17NO3.Bi.3H/c1-11(17(20)21)12-6-8-14(9-7-12)18-10-13-4-2-3-5-15(13)16(18)19;;;;/h2-3,6-9,11H,4-5,10H2,1H3,(H,20,21);;;;. The monoisotopic (exact) mass is 495 g/mol. The van der Waals surface area contributed by atoms with E-state index in [1.165, 1.54) is 5.57 Å². The number of nitrogens with zero attached hydrogens (tertiary/aromatic N) is 1. The van der Waals surface area contributed by atoms with Gasteiger partial charge < -0.3 is 10.0 Å². The third-order valence-corrected chi connectivity index (χ3v) is 4.21. The topological polar surface area (TPSA) is 57.6 Å². The summed E-state index contributed by atoms with van der Waals surface area (Å²) in [5, 5.41) is 9.02. The molecule has 5 heteroatoms. The summed E-state index contributed by atoms with van der Waals surface area (Å²) in [6.07, 6.45) is 5.72. The minimum atomic E-state index is -0.844. The van der Waals surface area contributed by atoms with Crippen molar-refractivity contribution in [3.05, 3.63) is 53.1 Å². The molecule has 4 nitrogen and oxygen atoms in total. The first-order valence-corrected chi connectivity index (χ1v) is 7.08. The maximum atomic E-state index is 12.4. The van der Waals surface area contributed by atoms with Crippen molar-refractivity contribution in [3.63, 3.8) is 0 Å². The molecule has 1 aromatic carbocycles. The molecule has 3 rings (SSSR count). The van der Waals surface area contributed by atoms with E-state index in [1.54, 1.807) is 24.0 Å². The van der Waals surface area contributed by atoms with Crippen LogP contribution in [0.5, 0.6) is 0 Å². The van der Waals surface area contributed by atoms with Gasteiger partial charge >= 0.3 is 32.2 Å². The zero-order valence-corrected chi connectivity index (χ0v) is 18.1. The van der Waals surface area contributed by atoms with E-state index in [-0.39, 0.29) is 32.1 Å². The van der Waals surface area contributed by atoms with Gasteiger partial charge in [-0.05, 0) is 43.0 Å². The van der Waals surface area contributed by atoms with Gasteiger partial charge in [0.2, 0.25) is 0 Å². The van der Waals surface area contributed by atoms with Gasteiger partial charge in [-0.15, -0.1) is 0 Å². The molecule has 1 amide bonds. The second-order valence-corrected chi connectivity index (χ2v) is 5.50. The number of carboxylic acids is 1. The Hall–Kier alpha value is -1.48. The van der Waals surface area contributed by atoms with E-state index in [9.17, 15) is 9.59 Å². The Labute approximate surface area is 148 Å². The molecule has 1 unspecified atom stereocenters. The number of aliphatic carboxylic acids is 1. The van der Waals surface area contributed by atoms with E-state index in [4.69, 9.17) is 5.11 Å². The van der Waals surface area contributed by atoms with Crippen molar-refractivity contribution < 1.29 is 14.7 Å². The number of hydrogen-bond acceptors (Lipinski definition) is 2. The van der Waals surface area contributed by atoms with Gasteiger partial charge in [0.05, 0.1) is 5.92 Å². The summed E-state index contributed by atoms with van der Waals surface area (Å²) in [5.74, 6) is -1.31. The molecule has 1 aromatic rings. The number of carboxylic acid groups (broad SMARTS) is 1. The van der Waals surface area contributed by atoms with Crippen LogP contribution in [0.15, 0.2) is 47.6 Å². The SMILES string of the molecule is CC(C(=O)O)c1ccc(N2CC3=C(CC=CC3)C2=O)cc1.[BiH3]. The van der Waals surface area contributed by atoms with Crippen LogP contribution in [-0.4, -0.2) is 49.7 Å². The quantitative estimate of drug-likeness (QED) is 0.513. The van der Waals surface area contributed by atoms with Crippen LogP contribution < -0.4 is 4.90 Å². The Kier molecular flexibility index (Phi) is 5.17. The normalized spacial score (nSPS) is 18.0. The molecule has 1 aliphatic carbocycles. The molecule has 0 bridgehead atoms. The van der Waals surface area contributed by atoms with Crippen molar-refractivity contribution >= 4 is 43.8 Å². The molecule has 1 N–H and O–H groups in total. The summed E-state index contributed by atoms with van der Waals surface area (Å²) in [6, 6.07) is 7.24. The molecular formula is C17H20BiNO3. The van der Waals surface area contributed by atoms with Crippen molar-refractivity contribution in [1.29, 1.82) is 0 Å². The Bertz CT molecular complexity index is 661. The third-order valence-electron chi connectivity index (χ3n) is 4.21. The minimum absolute atomic E-state index is 0. The van der Waals surface area contributed by atoms with Crippen LogP contribution in [0.25, 0.3) is 0 Å². The zero-order chi connectivity index (χ0) is 15.0. The number of amides is 1. The van der Waals surface area contributed by atoms with Gasteiger partial charge in [0, 0.05) is 17.8 Å². The number of hydrogen-bond donors (Lipinski definition) is 1. The Morgan fingerprint density at radius 1 is 1.18 bits per heavy atom. The molecule has 0 saturated carbocycles. The predicted molar refractivity (Wildman–Crippen MR) is 90.2 cm³/mol. The van der Waals surface area contributed by atoms with Crippen LogP contribution in [0.4, 0.5) is 5.69 Å². The fourth-order valence-corrected chi connectivity index (χ4v) is 2.81. The molecule has 2 aliphatic rings. The molecule has 22 heavy (non-hydrogen) atoms. The first-order valence-electron chi connectivity index (χ1n) is 7.08. The molecule has 0 saturated heterocycles. The van der Waals surface area contributed by atoms with Crippen LogP contribution in [0.1, 0.15) is 31.2 Å². The summed E-state index contributed by atoms with van der Waals surface area (Å²) < 4.78 is 0. The Morgan fingerprint density at radius 3 is 2.41 bits per heavy atom. The summed E-state index contributed by atoms with van der Waals surface area (Å²) >= 11 is 0. The number of carbonyl (C=O) groups is 2. The van der Waals surface area contributed by atoms with Crippen LogP contribution in [0, 0.1) is 0 Å². The first-order chi connectivity index (χ1) is 10.1. The molecule has 1 heterocycles.